The Morgan fingerprint density at radius 2 is 0.426 bits per heavy atom. The third-order valence-corrected chi connectivity index (χ3v) is 6.47. The first-order chi connectivity index (χ1) is 33.7. The molecule has 1 heterocycles. The predicted octanol–water partition coefficient (Wildman–Crippen LogP) is 6.75. The van der Waals surface area contributed by atoms with Gasteiger partial charge in [-0.25, -0.2) is 0 Å². The summed E-state index contributed by atoms with van der Waals surface area (Å²) in [7, 11) is 0. The molecule has 398 valence electrons. The summed E-state index contributed by atoms with van der Waals surface area (Å²) < 4.78 is 83.5. The molecule has 0 saturated heterocycles. The van der Waals surface area contributed by atoms with E-state index in [0.717, 1.165) is 0 Å². The average Bonchev–Trinajstić information content (AvgIpc) is 3.38. The molecule has 68 heavy (non-hydrogen) atoms. The van der Waals surface area contributed by atoms with E-state index in [1.165, 1.54) is 0 Å². The molecule has 1 aliphatic rings. The molecule has 0 amide bonds. The van der Waals surface area contributed by atoms with Crippen LogP contribution in [-0.4, -0.2) is 211 Å². The van der Waals surface area contributed by atoms with E-state index in [1.807, 2.05) is 12.2 Å². The summed E-state index contributed by atoms with van der Waals surface area (Å²) in [5.74, 6) is 0. The second-order valence-electron chi connectivity index (χ2n) is 11.7. The molecule has 0 aromatic heterocycles. The Morgan fingerprint density at radius 1 is 0.279 bits per heavy atom. The maximum Gasteiger partial charge on any atom is 0.0704 e. The highest BCUT2D eigenvalue weighted by Gasteiger charge is 1.95. The molecule has 0 N–H and O–H groups in total. The van der Waals surface area contributed by atoms with Crippen molar-refractivity contribution in [2.75, 3.05) is 211 Å². The molecule has 0 saturated carbocycles. The van der Waals surface area contributed by atoms with E-state index in [0.29, 0.717) is 211 Å². The normalized spacial score (nSPS) is 12.1. The van der Waals surface area contributed by atoms with Crippen LogP contribution < -0.4 is 0 Å². The maximum absolute atomic E-state index is 5.27. The summed E-state index contributed by atoms with van der Waals surface area (Å²) in [4.78, 5) is 0. The lowest BCUT2D eigenvalue weighted by Crippen LogP contribution is -2.12. The quantitative estimate of drug-likeness (QED) is 0.0363. The molecule has 0 radical (unpaired) electrons. The Morgan fingerprint density at radius 3 is 0.588 bits per heavy atom. The molecule has 0 bridgehead atoms. The molecule has 0 aromatic rings. The smallest absolute Gasteiger partial charge is 0.0704 e. The highest BCUT2D eigenvalue weighted by molar-refractivity contribution is 4.81. The molecule has 0 aliphatic carbocycles. The van der Waals surface area contributed by atoms with E-state index in [1.54, 1.807) is 36.5 Å². The molecule has 0 atom stereocenters. The molecule has 16 heteroatoms. The fourth-order valence-corrected chi connectivity index (χ4v) is 3.67. The summed E-state index contributed by atoms with van der Waals surface area (Å²) in [6.07, 6.45) is 22.2. The molecular formula is C52H94O16. The molecule has 16 nitrogen and oxygen atoms in total. The Bertz CT molecular complexity index is 825. The van der Waals surface area contributed by atoms with Crippen LogP contribution in [0.15, 0.2) is 114 Å². The summed E-state index contributed by atoms with van der Waals surface area (Å²) in [6, 6.07) is 0. The fourth-order valence-electron chi connectivity index (χ4n) is 3.67. The highest BCUT2D eigenvalue weighted by atomic mass is 16.6. The van der Waals surface area contributed by atoms with Crippen LogP contribution in [-0.2, 0) is 75.8 Å². The molecule has 0 spiro atoms. The summed E-state index contributed by atoms with van der Waals surface area (Å²) in [6.45, 7) is 52.3. The van der Waals surface area contributed by atoms with Crippen molar-refractivity contribution in [2.45, 2.75) is 0 Å². The zero-order valence-electron chi connectivity index (χ0n) is 42.0. The molecule has 0 fully saturated rings. The zero-order valence-corrected chi connectivity index (χ0v) is 42.0. The van der Waals surface area contributed by atoms with Crippen molar-refractivity contribution in [3.63, 3.8) is 0 Å². The Balaban J connectivity index is -0.000000181. The highest BCUT2D eigenvalue weighted by Crippen LogP contribution is 1.88. The summed E-state index contributed by atoms with van der Waals surface area (Å²) in [5.41, 5.74) is 0. The van der Waals surface area contributed by atoms with E-state index in [9.17, 15) is 0 Å². The van der Waals surface area contributed by atoms with E-state index in [4.69, 9.17) is 75.8 Å². The monoisotopic (exact) mass is 975 g/mol. The first-order valence-corrected chi connectivity index (χ1v) is 22.6. The van der Waals surface area contributed by atoms with Crippen LogP contribution in [0.4, 0.5) is 0 Å². The first kappa shape index (κ1) is 76.1. The van der Waals surface area contributed by atoms with Crippen LogP contribution in [0.5, 0.6) is 0 Å². The van der Waals surface area contributed by atoms with Crippen molar-refractivity contribution in [1.29, 1.82) is 0 Å². The molecule has 0 aromatic carbocycles. The lowest BCUT2D eigenvalue weighted by atomic mass is 10.5. The van der Waals surface area contributed by atoms with E-state index < -0.39 is 0 Å². The van der Waals surface area contributed by atoms with Gasteiger partial charge in [-0.15, -0.1) is 78.6 Å². The van der Waals surface area contributed by atoms with Gasteiger partial charge in [-0.1, -0.05) is 48.6 Å². The van der Waals surface area contributed by atoms with Crippen molar-refractivity contribution >= 4 is 0 Å². The van der Waals surface area contributed by atoms with Crippen molar-refractivity contribution in [2.24, 2.45) is 0 Å². The Kier molecular flexibility index (Phi) is 101. The lowest BCUT2D eigenvalue weighted by Gasteiger charge is -2.07. The third kappa shape index (κ3) is 96.5. The van der Waals surface area contributed by atoms with Gasteiger partial charge in [0, 0.05) is 0 Å². The van der Waals surface area contributed by atoms with Crippen molar-refractivity contribution < 1.29 is 75.8 Å². The van der Waals surface area contributed by atoms with E-state index in [2.05, 4.69) is 78.6 Å². The number of hydrogen-bond donors (Lipinski definition) is 0. The Labute approximate surface area is 413 Å². The van der Waals surface area contributed by atoms with Gasteiger partial charge in [0.15, 0.2) is 0 Å². The average molecular weight is 975 g/mol. The molecule has 0 unspecified atom stereocenters. The lowest BCUT2D eigenvalue weighted by molar-refractivity contribution is 0.00227. The molecule has 1 rings (SSSR count). The van der Waals surface area contributed by atoms with Crippen LogP contribution in [0.2, 0.25) is 0 Å². The fraction of sp³-hybridized carbons (Fsp3) is 0.615. The van der Waals surface area contributed by atoms with Gasteiger partial charge < -0.3 is 75.8 Å². The van der Waals surface area contributed by atoms with Crippen LogP contribution in [0.3, 0.4) is 0 Å². The van der Waals surface area contributed by atoms with Gasteiger partial charge in [-0.2, -0.15) is 0 Å². The van der Waals surface area contributed by atoms with Crippen LogP contribution >= 0.6 is 0 Å². The van der Waals surface area contributed by atoms with Gasteiger partial charge in [-0.05, 0) is 0 Å². The summed E-state index contributed by atoms with van der Waals surface area (Å²) in [5, 5.41) is 0. The molecular weight excluding hydrogens is 881 g/mol. The van der Waals surface area contributed by atoms with Gasteiger partial charge in [-0.3, -0.25) is 0 Å². The third-order valence-electron chi connectivity index (χ3n) is 6.47. The standard InChI is InChI=1S/3C12H22O4.C10H18O4.2C2H4.C2H2/c3*1-3-5-13-7-9-15-11-12-16-10-8-14-6-4-2;1-2-4-12-6-8-14-10-9-13-7-5-11-3-1;3*1-2/h3*3-4H,1-2,5-12H2;1-2H,3-10H2;2*1-2H2;1-2H. The summed E-state index contributed by atoms with van der Waals surface area (Å²) >= 11 is 0. The topological polar surface area (TPSA) is 148 Å². The van der Waals surface area contributed by atoms with Crippen molar-refractivity contribution in [3.05, 3.63) is 114 Å². The van der Waals surface area contributed by atoms with Crippen LogP contribution in [0.25, 0.3) is 0 Å². The SMILES string of the molecule is C#C.C1=CCOCCOCCOCCOC1.C=C.C=C.C=CCOCCOCCOCCOCC=C.C=CCOCCOCCOCCOCC=C.C=CCOCCOCCOCCOCC=C. The van der Waals surface area contributed by atoms with Gasteiger partial charge in [0.2, 0.25) is 0 Å². The van der Waals surface area contributed by atoms with E-state index in [-0.39, 0.29) is 0 Å². The Hall–Kier alpha value is -3.42. The predicted molar refractivity (Wildman–Crippen MR) is 276 cm³/mol. The minimum atomic E-state index is 0.570. The number of rotatable bonds is 39. The maximum atomic E-state index is 5.27. The van der Waals surface area contributed by atoms with Gasteiger partial charge in [0.1, 0.15) is 0 Å². The van der Waals surface area contributed by atoms with Crippen LogP contribution in [0.1, 0.15) is 0 Å². The number of terminal acetylenes is 1. The molecule has 1 aliphatic heterocycles. The number of ether oxygens (including phenoxy) is 16. The van der Waals surface area contributed by atoms with Crippen LogP contribution in [0, 0.1) is 12.8 Å². The van der Waals surface area contributed by atoms with Gasteiger partial charge in [0.25, 0.3) is 0 Å². The second-order valence-corrected chi connectivity index (χ2v) is 11.7. The van der Waals surface area contributed by atoms with E-state index >= 15 is 0 Å². The van der Waals surface area contributed by atoms with Gasteiger partial charge >= 0.3 is 0 Å². The van der Waals surface area contributed by atoms with Crippen molar-refractivity contribution in [1.82, 2.24) is 0 Å². The van der Waals surface area contributed by atoms with Gasteiger partial charge in [0.05, 0.1) is 211 Å². The number of hydrogen-bond acceptors (Lipinski definition) is 16. The minimum Gasteiger partial charge on any atom is -0.377 e. The zero-order chi connectivity index (χ0) is 51.6. The second kappa shape index (κ2) is 90.1. The minimum absolute atomic E-state index is 0.570. The largest absolute Gasteiger partial charge is 0.377 e. The first-order valence-electron chi connectivity index (χ1n) is 22.6. The van der Waals surface area contributed by atoms with Crippen molar-refractivity contribution in [3.8, 4) is 12.8 Å².